The maximum atomic E-state index is 12.6. The number of aromatic nitrogens is 3. The van der Waals surface area contributed by atoms with Gasteiger partial charge in [0, 0.05) is 22.8 Å². The largest absolute Gasteiger partial charge is 0.323 e. The first-order valence-corrected chi connectivity index (χ1v) is 9.41. The van der Waals surface area contributed by atoms with Gasteiger partial charge in [-0.3, -0.25) is 4.40 Å². The standard InChI is InChI=1S/C11H5Cl2F2N3S2.C4H8FN/c12-5-1-4(19)3-18-7(5)8(13)17-10(18)11-16-2-6(20-11)9(14)15;5-3-4(6)1-2-4/h1-3,9,19H;1-3,6H2. The zero-order valence-electron chi connectivity index (χ0n) is 13.1. The lowest BCUT2D eigenvalue weighted by molar-refractivity contribution is 0.155. The minimum absolute atomic E-state index is 0.124. The van der Waals surface area contributed by atoms with Crippen molar-refractivity contribution in [3.8, 4) is 10.8 Å². The van der Waals surface area contributed by atoms with Crippen LogP contribution in [0.4, 0.5) is 13.2 Å². The molecule has 1 fully saturated rings. The van der Waals surface area contributed by atoms with Gasteiger partial charge < -0.3 is 5.73 Å². The average molecular weight is 441 g/mol. The van der Waals surface area contributed by atoms with Crippen molar-refractivity contribution in [2.75, 3.05) is 6.67 Å². The van der Waals surface area contributed by atoms with Crippen molar-refractivity contribution < 1.29 is 13.2 Å². The fraction of sp³-hybridized carbons (Fsp3) is 0.333. The van der Waals surface area contributed by atoms with Crippen molar-refractivity contribution in [3.05, 3.63) is 33.5 Å². The van der Waals surface area contributed by atoms with Crippen LogP contribution in [0.3, 0.4) is 0 Å². The van der Waals surface area contributed by atoms with E-state index in [4.69, 9.17) is 28.9 Å². The van der Waals surface area contributed by atoms with E-state index in [1.165, 1.54) is 0 Å². The molecule has 0 aromatic carbocycles. The molecule has 3 aromatic rings. The highest BCUT2D eigenvalue weighted by Crippen LogP contribution is 2.35. The number of nitrogens with zero attached hydrogens (tertiary/aromatic N) is 3. The van der Waals surface area contributed by atoms with Gasteiger partial charge in [0.2, 0.25) is 0 Å². The summed E-state index contributed by atoms with van der Waals surface area (Å²) in [4.78, 5) is 8.58. The predicted octanol–water partition coefficient (Wildman–Crippen LogP) is 5.44. The van der Waals surface area contributed by atoms with Crippen LogP contribution >= 0.6 is 47.2 Å². The number of fused-ring (bicyclic) bond motifs is 1. The Morgan fingerprint density at radius 1 is 1.38 bits per heavy atom. The molecule has 26 heavy (non-hydrogen) atoms. The van der Waals surface area contributed by atoms with Crippen molar-refractivity contribution >= 4 is 52.7 Å². The highest BCUT2D eigenvalue weighted by Gasteiger charge is 2.37. The Morgan fingerprint density at radius 2 is 2.08 bits per heavy atom. The number of alkyl halides is 3. The number of nitrogens with two attached hydrogens (primary N) is 1. The van der Waals surface area contributed by atoms with E-state index in [-0.39, 0.29) is 22.2 Å². The molecule has 0 aliphatic heterocycles. The number of thiol groups is 1. The van der Waals surface area contributed by atoms with Crippen LogP contribution < -0.4 is 5.73 Å². The zero-order chi connectivity index (χ0) is 19.1. The lowest BCUT2D eigenvalue weighted by atomic mass is 10.3. The van der Waals surface area contributed by atoms with Gasteiger partial charge in [0.05, 0.1) is 9.90 Å². The van der Waals surface area contributed by atoms with Crippen LogP contribution in [0.2, 0.25) is 10.2 Å². The lowest BCUT2D eigenvalue weighted by Crippen LogP contribution is -2.23. The second-order valence-corrected chi connectivity index (χ2v) is 8.20. The van der Waals surface area contributed by atoms with E-state index in [1.807, 2.05) is 0 Å². The Kier molecular flexibility index (Phi) is 5.74. The maximum absolute atomic E-state index is 12.6. The fourth-order valence-electron chi connectivity index (χ4n) is 2.05. The topological polar surface area (TPSA) is 56.2 Å². The van der Waals surface area contributed by atoms with Crippen molar-refractivity contribution in [1.82, 2.24) is 14.4 Å². The van der Waals surface area contributed by atoms with E-state index in [0.29, 0.717) is 26.3 Å². The Labute approximate surface area is 166 Å². The first kappa shape index (κ1) is 19.8. The zero-order valence-corrected chi connectivity index (χ0v) is 16.3. The summed E-state index contributed by atoms with van der Waals surface area (Å²) in [5, 5.41) is 0.913. The molecule has 0 bridgehead atoms. The number of hydrogen-bond acceptors (Lipinski definition) is 5. The molecule has 1 aliphatic carbocycles. The van der Waals surface area contributed by atoms with Crippen LogP contribution in [0.1, 0.15) is 24.1 Å². The first-order chi connectivity index (χ1) is 12.2. The van der Waals surface area contributed by atoms with Gasteiger partial charge in [-0.25, -0.2) is 23.1 Å². The number of pyridine rings is 1. The molecule has 0 radical (unpaired) electrons. The maximum Gasteiger partial charge on any atom is 0.274 e. The van der Waals surface area contributed by atoms with Crippen molar-refractivity contribution in [2.45, 2.75) is 29.7 Å². The van der Waals surface area contributed by atoms with E-state index < -0.39 is 6.43 Å². The monoisotopic (exact) mass is 440 g/mol. The first-order valence-electron chi connectivity index (χ1n) is 7.39. The van der Waals surface area contributed by atoms with Crippen LogP contribution in [0, 0.1) is 0 Å². The molecular weight excluding hydrogens is 428 g/mol. The summed E-state index contributed by atoms with van der Waals surface area (Å²) in [6.07, 6.45) is 1.98. The summed E-state index contributed by atoms with van der Waals surface area (Å²) in [6, 6.07) is 1.63. The van der Waals surface area contributed by atoms with Gasteiger partial charge in [-0.1, -0.05) is 23.2 Å². The van der Waals surface area contributed by atoms with Crippen LogP contribution in [0.25, 0.3) is 16.3 Å². The molecule has 0 unspecified atom stereocenters. The lowest BCUT2D eigenvalue weighted by Gasteiger charge is -2.01. The summed E-state index contributed by atoms with van der Waals surface area (Å²) in [5.74, 6) is 0.361. The Hall–Kier alpha value is -1.000. The minimum atomic E-state index is -2.56. The van der Waals surface area contributed by atoms with E-state index in [2.05, 4.69) is 22.6 Å². The second kappa shape index (κ2) is 7.55. The number of imidazole rings is 1. The molecule has 0 atom stereocenters. The van der Waals surface area contributed by atoms with Crippen molar-refractivity contribution in [1.29, 1.82) is 0 Å². The minimum Gasteiger partial charge on any atom is -0.323 e. The normalized spacial score (nSPS) is 15.2. The number of rotatable bonds is 3. The van der Waals surface area contributed by atoms with E-state index >= 15 is 0 Å². The van der Waals surface area contributed by atoms with E-state index in [9.17, 15) is 13.2 Å². The summed E-state index contributed by atoms with van der Waals surface area (Å²) >= 11 is 17.2. The third-order valence-corrected chi connectivity index (χ3v) is 5.52. The third kappa shape index (κ3) is 4.12. The summed E-state index contributed by atoms with van der Waals surface area (Å²) < 4.78 is 38.3. The van der Waals surface area contributed by atoms with Crippen LogP contribution in [-0.4, -0.2) is 26.6 Å². The highest BCUT2D eigenvalue weighted by atomic mass is 35.5. The van der Waals surface area contributed by atoms with Gasteiger partial charge >= 0.3 is 0 Å². The molecule has 1 saturated carbocycles. The fourth-order valence-corrected chi connectivity index (χ4v) is 3.75. The molecular formula is C15H13Cl2F3N4S2. The van der Waals surface area contributed by atoms with Gasteiger partial charge in [-0.2, -0.15) is 0 Å². The second-order valence-electron chi connectivity index (χ2n) is 5.86. The molecule has 140 valence electrons. The number of hydrogen-bond donors (Lipinski definition) is 2. The quantitative estimate of drug-likeness (QED) is 0.533. The molecule has 0 amide bonds. The molecule has 4 rings (SSSR count). The molecule has 0 spiro atoms. The summed E-state index contributed by atoms with van der Waals surface area (Å²) in [5.41, 5.74) is 5.39. The number of halogens is 5. The smallest absolute Gasteiger partial charge is 0.274 e. The predicted molar refractivity (Wildman–Crippen MR) is 101 cm³/mol. The molecule has 3 aromatic heterocycles. The average Bonchev–Trinajstić information content (AvgIpc) is 3.00. The molecule has 4 nitrogen and oxygen atoms in total. The Bertz CT molecular complexity index is 941. The van der Waals surface area contributed by atoms with E-state index in [0.717, 1.165) is 30.4 Å². The third-order valence-electron chi connectivity index (χ3n) is 3.72. The van der Waals surface area contributed by atoms with Crippen LogP contribution in [0.15, 0.2) is 23.4 Å². The Balaban J connectivity index is 0.000000278. The van der Waals surface area contributed by atoms with E-state index in [1.54, 1.807) is 16.7 Å². The van der Waals surface area contributed by atoms with Crippen LogP contribution in [0.5, 0.6) is 0 Å². The van der Waals surface area contributed by atoms with Gasteiger partial charge in [0.25, 0.3) is 6.43 Å². The van der Waals surface area contributed by atoms with Crippen LogP contribution in [-0.2, 0) is 0 Å². The van der Waals surface area contributed by atoms with Gasteiger partial charge in [-0.05, 0) is 18.9 Å². The molecule has 3 heterocycles. The van der Waals surface area contributed by atoms with Gasteiger partial charge in [-0.15, -0.1) is 24.0 Å². The molecule has 2 N–H and O–H groups in total. The SMILES string of the molecule is FC(F)c1cnc(-c2nc(Cl)c3c(Cl)cc(S)cn23)s1.NC1(CF)CC1. The van der Waals surface area contributed by atoms with Crippen molar-refractivity contribution in [2.24, 2.45) is 5.73 Å². The van der Waals surface area contributed by atoms with Gasteiger partial charge in [0.1, 0.15) is 12.2 Å². The molecule has 0 saturated heterocycles. The van der Waals surface area contributed by atoms with Gasteiger partial charge in [0.15, 0.2) is 16.0 Å². The number of thiazole rings is 1. The summed E-state index contributed by atoms with van der Waals surface area (Å²) in [6.45, 7) is -0.340. The molecule has 11 heteroatoms. The van der Waals surface area contributed by atoms with Crippen molar-refractivity contribution in [3.63, 3.8) is 0 Å². The molecule has 1 aliphatic rings. The highest BCUT2D eigenvalue weighted by molar-refractivity contribution is 7.80. The summed E-state index contributed by atoms with van der Waals surface area (Å²) in [7, 11) is 0. The Morgan fingerprint density at radius 3 is 2.58 bits per heavy atom.